The van der Waals surface area contributed by atoms with Crippen molar-refractivity contribution in [2.75, 3.05) is 11.9 Å². The van der Waals surface area contributed by atoms with Gasteiger partial charge in [0.15, 0.2) is 5.96 Å². The van der Waals surface area contributed by atoms with Crippen LogP contribution in [0.15, 0.2) is 47.5 Å². The van der Waals surface area contributed by atoms with Gasteiger partial charge in [0.05, 0.1) is 6.54 Å². The predicted octanol–water partition coefficient (Wildman–Crippen LogP) is 4.60. The summed E-state index contributed by atoms with van der Waals surface area (Å²) in [5.74, 6) is 0.401. The Balaban J connectivity index is 0.00000420. The fraction of sp³-hybridized carbons (Fsp3) is 0.364. The van der Waals surface area contributed by atoms with E-state index < -0.39 is 0 Å². The molecule has 0 saturated carbocycles. The molecule has 29 heavy (non-hydrogen) atoms. The van der Waals surface area contributed by atoms with Crippen LogP contribution < -0.4 is 16.0 Å². The number of rotatable bonds is 7. The zero-order valence-electron chi connectivity index (χ0n) is 17.4. The highest BCUT2D eigenvalue weighted by Gasteiger charge is 2.07. The zero-order chi connectivity index (χ0) is 20.5. The quantitative estimate of drug-likeness (QED) is 0.289. The molecule has 1 amide bonds. The molecule has 2 aromatic carbocycles. The first-order valence-corrected chi connectivity index (χ1v) is 9.56. The van der Waals surface area contributed by atoms with Gasteiger partial charge in [-0.1, -0.05) is 38.1 Å². The molecule has 0 atom stereocenters. The van der Waals surface area contributed by atoms with Crippen molar-refractivity contribution in [2.45, 2.75) is 40.8 Å². The standard InChI is InChI=1S/C22H29FN4O.HI/c1-5-24-22(26-14-18-7-6-16(4)20(23)12-18)25-13-17-8-10-19(11-9-17)27-21(28)15(2)3;/h6-12,15H,5,13-14H2,1-4H3,(H,27,28)(H2,24,25,26);1H. The number of hydrogen-bond donors (Lipinski definition) is 3. The van der Waals surface area contributed by atoms with Crippen LogP contribution in [-0.2, 0) is 17.9 Å². The number of amides is 1. The van der Waals surface area contributed by atoms with Crippen molar-refractivity contribution < 1.29 is 9.18 Å². The van der Waals surface area contributed by atoms with Gasteiger partial charge in [0.25, 0.3) is 0 Å². The van der Waals surface area contributed by atoms with E-state index in [2.05, 4.69) is 20.9 Å². The summed E-state index contributed by atoms with van der Waals surface area (Å²) in [5, 5.41) is 9.33. The number of halogens is 2. The Labute approximate surface area is 189 Å². The lowest BCUT2D eigenvalue weighted by Crippen LogP contribution is -2.36. The van der Waals surface area contributed by atoms with Crippen LogP contribution >= 0.6 is 24.0 Å². The van der Waals surface area contributed by atoms with Crippen molar-refractivity contribution in [1.29, 1.82) is 0 Å². The molecule has 0 aromatic heterocycles. The number of aliphatic imine (C=N–C) groups is 1. The summed E-state index contributed by atoms with van der Waals surface area (Å²) in [6.07, 6.45) is 0. The lowest BCUT2D eigenvalue weighted by Gasteiger charge is -2.12. The van der Waals surface area contributed by atoms with Gasteiger partial charge in [-0.3, -0.25) is 4.79 Å². The van der Waals surface area contributed by atoms with Crippen LogP contribution in [0.3, 0.4) is 0 Å². The molecule has 0 saturated heterocycles. The molecular formula is C22H30FIN4O. The maximum Gasteiger partial charge on any atom is 0.226 e. The van der Waals surface area contributed by atoms with E-state index in [9.17, 15) is 9.18 Å². The number of guanidine groups is 1. The third kappa shape index (κ3) is 8.39. The lowest BCUT2D eigenvalue weighted by atomic mass is 10.1. The molecule has 0 heterocycles. The van der Waals surface area contributed by atoms with Crippen molar-refractivity contribution in [3.05, 3.63) is 65.0 Å². The number of hydrogen-bond acceptors (Lipinski definition) is 2. The van der Waals surface area contributed by atoms with Crippen molar-refractivity contribution in [3.8, 4) is 0 Å². The Hall–Kier alpha value is -2.16. The Bertz CT molecular complexity index is 822. The zero-order valence-corrected chi connectivity index (χ0v) is 19.7. The molecule has 2 rings (SSSR count). The average molecular weight is 512 g/mol. The maximum absolute atomic E-state index is 13.7. The van der Waals surface area contributed by atoms with Crippen LogP contribution in [0.25, 0.3) is 0 Å². The summed E-state index contributed by atoms with van der Waals surface area (Å²) in [7, 11) is 0. The molecule has 0 fully saturated rings. The van der Waals surface area contributed by atoms with Gasteiger partial charge < -0.3 is 16.0 Å². The molecule has 3 N–H and O–H groups in total. The molecule has 158 valence electrons. The fourth-order valence-electron chi connectivity index (χ4n) is 2.43. The first-order chi connectivity index (χ1) is 13.4. The van der Waals surface area contributed by atoms with Crippen molar-refractivity contribution in [2.24, 2.45) is 10.9 Å². The monoisotopic (exact) mass is 512 g/mol. The van der Waals surface area contributed by atoms with Crippen LogP contribution in [0, 0.1) is 18.7 Å². The van der Waals surface area contributed by atoms with Gasteiger partial charge in [-0.2, -0.15) is 0 Å². The molecule has 0 aliphatic rings. The van der Waals surface area contributed by atoms with E-state index in [1.807, 2.05) is 51.1 Å². The number of aryl methyl sites for hydroxylation is 1. The van der Waals surface area contributed by atoms with E-state index in [1.54, 1.807) is 13.0 Å². The van der Waals surface area contributed by atoms with Gasteiger partial charge in [0.2, 0.25) is 5.91 Å². The first-order valence-electron chi connectivity index (χ1n) is 9.56. The molecule has 0 aliphatic carbocycles. The van der Waals surface area contributed by atoms with Gasteiger partial charge in [-0.15, -0.1) is 24.0 Å². The number of carbonyl (C=O) groups excluding carboxylic acids is 1. The van der Waals surface area contributed by atoms with Gasteiger partial charge in [0, 0.05) is 24.7 Å². The molecule has 0 spiro atoms. The minimum Gasteiger partial charge on any atom is -0.357 e. The highest BCUT2D eigenvalue weighted by atomic mass is 127. The van der Waals surface area contributed by atoms with E-state index in [0.29, 0.717) is 24.6 Å². The second-order valence-corrected chi connectivity index (χ2v) is 6.97. The maximum atomic E-state index is 13.7. The van der Waals surface area contributed by atoms with Crippen LogP contribution in [0.4, 0.5) is 10.1 Å². The SMILES string of the molecule is CCNC(=NCc1ccc(C)c(F)c1)NCc1ccc(NC(=O)C(C)C)cc1.I. The van der Waals surface area contributed by atoms with E-state index in [4.69, 9.17) is 0 Å². The summed E-state index contributed by atoms with van der Waals surface area (Å²) in [6.45, 7) is 9.18. The normalized spacial score (nSPS) is 11.0. The average Bonchev–Trinajstić information content (AvgIpc) is 2.67. The number of benzene rings is 2. The van der Waals surface area contributed by atoms with Gasteiger partial charge >= 0.3 is 0 Å². The molecule has 0 unspecified atom stereocenters. The molecule has 7 heteroatoms. The van der Waals surface area contributed by atoms with Crippen LogP contribution in [0.1, 0.15) is 37.5 Å². The summed E-state index contributed by atoms with van der Waals surface area (Å²) < 4.78 is 13.7. The molecule has 0 bridgehead atoms. The smallest absolute Gasteiger partial charge is 0.226 e. The third-order valence-electron chi connectivity index (χ3n) is 4.21. The summed E-state index contributed by atoms with van der Waals surface area (Å²) in [5.41, 5.74) is 3.30. The Morgan fingerprint density at radius 3 is 2.31 bits per heavy atom. The van der Waals surface area contributed by atoms with Crippen LogP contribution in [0.2, 0.25) is 0 Å². The number of anilines is 1. The number of nitrogens with zero attached hydrogens (tertiary/aromatic N) is 1. The first kappa shape index (κ1) is 24.9. The highest BCUT2D eigenvalue weighted by Crippen LogP contribution is 2.12. The van der Waals surface area contributed by atoms with E-state index in [0.717, 1.165) is 23.4 Å². The number of carbonyl (C=O) groups is 1. The second kappa shape index (κ2) is 12.4. The Morgan fingerprint density at radius 2 is 1.72 bits per heavy atom. The summed E-state index contributed by atoms with van der Waals surface area (Å²) in [4.78, 5) is 16.3. The Morgan fingerprint density at radius 1 is 1.07 bits per heavy atom. The lowest BCUT2D eigenvalue weighted by molar-refractivity contribution is -0.118. The van der Waals surface area contributed by atoms with E-state index in [-0.39, 0.29) is 41.6 Å². The van der Waals surface area contributed by atoms with E-state index in [1.165, 1.54) is 6.07 Å². The molecule has 0 radical (unpaired) electrons. The number of nitrogens with one attached hydrogen (secondary N) is 3. The summed E-state index contributed by atoms with van der Waals surface area (Å²) >= 11 is 0. The fourth-order valence-corrected chi connectivity index (χ4v) is 2.43. The van der Waals surface area contributed by atoms with Crippen molar-refractivity contribution in [3.63, 3.8) is 0 Å². The minimum atomic E-state index is -0.213. The Kier molecular flexibility index (Phi) is 10.6. The molecular weight excluding hydrogens is 482 g/mol. The second-order valence-electron chi connectivity index (χ2n) is 6.97. The van der Waals surface area contributed by atoms with Gasteiger partial charge in [-0.25, -0.2) is 9.38 Å². The third-order valence-corrected chi connectivity index (χ3v) is 4.21. The van der Waals surface area contributed by atoms with E-state index >= 15 is 0 Å². The van der Waals surface area contributed by atoms with Gasteiger partial charge in [-0.05, 0) is 48.7 Å². The van der Waals surface area contributed by atoms with Crippen LogP contribution in [-0.4, -0.2) is 18.4 Å². The van der Waals surface area contributed by atoms with Gasteiger partial charge in [0.1, 0.15) is 5.82 Å². The largest absolute Gasteiger partial charge is 0.357 e. The topological polar surface area (TPSA) is 65.5 Å². The van der Waals surface area contributed by atoms with Crippen molar-refractivity contribution in [1.82, 2.24) is 10.6 Å². The minimum absolute atomic E-state index is 0. The van der Waals surface area contributed by atoms with Crippen LogP contribution in [0.5, 0.6) is 0 Å². The molecule has 2 aromatic rings. The predicted molar refractivity (Wildman–Crippen MR) is 128 cm³/mol. The highest BCUT2D eigenvalue weighted by molar-refractivity contribution is 14.0. The van der Waals surface area contributed by atoms with Crippen molar-refractivity contribution >= 4 is 41.5 Å². The molecule has 5 nitrogen and oxygen atoms in total. The summed E-state index contributed by atoms with van der Waals surface area (Å²) in [6, 6.07) is 12.9. The molecule has 0 aliphatic heterocycles.